The number of nitrogens with zero attached hydrogens (tertiary/aromatic N) is 1. The van der Waals surface area contributed by atoms with Crippen LogP contribution >= 0.6 is 0 Å². The van der Waals surface area contributed by atoms with E-state index in [2.05, 4.69) is 0 Å². The van der Waals surface area contributed by atoms with E-state index >= 15 is 0 Å². The second kappa shape index (κ2) is 6.55. The second-order valence-corrected chi connectivity index (χ2v) is 4.75. The molecule has 7 heteroatoms. The Morgan fingerprint density at radius 3 is 2.90 bits per heavy atom. The third-order valence-corrected chi connectivity index (χ3v) is 3.27. The Hall–Kier alpha value is -2.12. The molecule has 1 amide bonds. The highest BCUT2D eigenvalue weighted by Crippen LogP contribution is 2.33. The molecular formula is C14H18N2O5. The zero-order valence-corrected chi connectivity index (χ0v) is 11.7. The Bertz CT molecular complexity index is 534. The van der Waals surface area contributed by atoms with Gasteiger partial charge in [0.1, 0.15) is 5.75 Å². The molecule has 2 atom stereocenters. The number of hydrogen-bond donors (Lipinski definition) is 2. The van der Waals surface area contributed by atoms with E-state index in [4.69, 9.17) is 20.3 Å². The number of amides is 1. The van der Waals surface area contributed by atoms with Crippen LogP contribution in [-0.4, -0.2) is 49.4 Å². The number of methoxy groups -OCH3 is 1. The van der Waals surface area contributed by atoms with Crippen LogP contribution in [0.15, 0.2) is 24.3 Å². The van der Waals surface area contributed by atoms with Gasteiger partial charge in [0.15, 0.2) is 0 Å². The number of nitrogens with two attached hydrogens (primary N) is 1. The lowest BCUT2D eigenvalue weighted by Crippen LogP contribution is -2.52. The molecule has 114 valence electrons. The summed E-state index contributed by atoms with van der Waals surface area (Å²) in [7, 11) is 1.53. The topological polar surface area (TPSA) is 102 Å². The first-order chi connectivity index (χ1) is 10.0. The van der Waals surface area contributed by atoms with Crippen molar-refractivity contribution >= 4 is 17.6 Å². The summed E-state index contributed by atoms with van der Waals surface area (Å²) in [4.78, 5) is 25.0. The SMILES string of the molecule is COCCC(N)C(=O)N1CC(C(=O)O)Oc2ccccc21. The molecule has 21 heavy (non-hydrogen) atoms. The minimum Gasteiger partial charge on any atom is -0.478 e. The van der Waals surface area contributed by atoms with Gasteiger partial charge in [-0.15, -0.1) is 0 Å². The molecule has 2 unspecified atom stereocenters. The van der Waals surface area contributed by atoms with E-state index in [9.17, 15) is 9.59 Å². The van der Waals surface area contributed by atoms with Gasteiger partial charge in [0.25, 0.3) is 0 Å². The number of carbonyl (C=O) groups is 2. The minimum atomic E-state index is -1.12. The quantitative estimate of drug-likeness (QED) is 0.806. The summed E-state index contributed by atoms with van der Waals surface area (Å²) < 4.78 is 10.3. The molecule has 1 aromatic carbocycles. The molecule has 0 saturated carbocycles. The highest BCUT2D eigenvalue weighted by Gasteiger charge is 2.35. The fraction of sp³-hybridized carbons (Fsp3) is 0.429. The monoisotopic (exact) mass is 294 g/mol. The van der Waals surface area contributed by atoms with Crippen LogP contribution in [0.3, 0.4) is 0 Å². The van der Waals surface area contributed by atoms with Crippen molar-refractivity contribution in [2.45, 2.75) is 18.6 Å². The Kier molecular flexibility index (Phi) is 4.77. The standard InChI is InChI=1S/C14H18N2O5/c1-20-7-6-9(15)13(17)16-8-12(14(18)19)21-11-5-3-2-4-10(11)16/h2-5,9,12H,6-8,15H2,1H3,(H,18,19). The molecule has 1 aromatic rings. The number of aliphatic carboxylic acids is 1. The van der Waals surface area contributed by atoms with Gasteiger partial charge < -0.3 is 25.2 Å². The van der Waals surface area contributed by atoms with Gasteiger partial charge in [-0.05, 0) is 18.6 Å². The van der Waals surface area contributed by atoms with Crippen LogP contribution < -0.4 is 15.4 Å². The summed E-state index contributed by atoms with van der Waals surface area (Å²) in [5.74, 6) is -1.09. The van der Waals surface area contributed by atoms with Crippen molar-refractivity contribution in [3.8, 4) is 5.75 Å². The first-order valence-corrected chi connectivity index (χ1v) is 6.59. The van der Waals surface area contributed by atoms with Crippen molar-refractivity contribution in [2.24, 2.45) is 5.73 Å². The van der Waals surface area contributed by atoms with Crippen LogP contribution in [0, 0.1) is 0 Å². The number of hydrogen-bond acceptors (Lipinski definition) is 5. The zero-order chi connectivity index (χ0) is 15.4. The van der Waals surface area contributed by atoms with Gasteiger partial charge in [-0.3, -0.25) is 4.79 Å². The second-order valence-electron chi connectivity index (χ2n) is 4.75. The predicted molar refractivity (Wildman–Crippen MR) is 75.3 cm³/mol. The van der Waals surface area contributed by atoms with Crippen LogP contribution in [0.4, 0.5) is 5.69 Å². The number of benzene rings is 1. The third kappa shape index (κ3) is 3.32. The van der Waals surface area contributed by atoms with Gasteiger partial charge in [-0.2, -0.15) is 0 Å². The molecule has 0 spiro atoms. The Morgan fingerprint density at radius 1 is 1.52 bits per heavy atom. The lowest BCUT2D eigenvalue weighted by atomic mass is 10.1. The first kappa shape index (κ1) is 15.3. The minimum absolute atomic E-state index is 0.0636. The number of fused-ring (bicyclic) bond motifs is 1. The lowest BCUT2D eigenvalue weighted by molar-refractivity contribution is -0.145. The maximum absolute atomic E-state index is 12.4. The lowest BCUT2D eigenvalue weighted by Gasteiger charge is -2.34. The molecule has 1 aliphatic heterocycles. The number of carbonyl (C=O) groups excluding carboxylic acids is 1. The van der Waals surface area contributed by atoms with E-state index in [0.717, 1.165) is 0 Å². The highest BCUT2D eigenvalue weighted by molar-refractivity contribution is 5.99. The van der Waals surface area contributed by atoms with Crippen molar-refractivity contribution in [3.63, 3.8) is 0 Å². The molecular weight excluding hydrogens is 276 g/mol. The van der Waals surface area contributed by atoms with Gasteiger partial charge in [0, 0.05) is 13.7 Å². The van der Waals surface area contributed by atoms with Crippen molar-refractivity contribution in [2.75, 3.05) is 25.2 Å². The maximum Gasteiger partial charge on any atom is 0.346 e. The Balaban J connectivity index is 2.24. The third-order valence-electron chi connectivity index (χ3n) is 3.27. The molecule has 1 heterocycles. The van der Waals surface area contributed by atoms with Crippen LogP contribution in [0.5, 0.6) is 5.75 Å². The van der Waals surface area contributed by atoms with Gasteiger partial charge in [-0.25, -0.2) is 4.79 Å². The Labute approximate surface area is 122 Å². The number of carboxylic acids is 1. The molecule has 2 rings (SSSR count). The molecule has 0 bridgehead atoms. The van der Waals surface area contributed by atoms with Gasteiger partial charge in [0.05, 0.1) is 18.3 Å². The van der Waals surface area contributed by atoms with Gasteiger partial charge in [-0.1, -0.05) is 12.1 Å². The van der Waals surface area contributed by atoms with Crippen LogP contribution in [0.2, 0.25) is 0 Å². The van der Waals surface area contributed by atoms with Gasteiger partial charge >= 0.3 is 5.97 Å². The first-order valence-electron chi connectivity index (χ1n) is 6.59. The maximum atomic E-state index is 12.4. The van der Waals surface area contributed by atoms with Crippen LogP contribution in [-0.2, 0) is 14.3 Å². The van der Waals surface area contributed by atoms with E-state index in [-0.39, 0.29) is 12.5 Å². The molecule has 0 aliphatic carbocycles. The molecule has 0 aromatic heterocycles. The van der Waals surface area contributed by atoms with Gasteiger partial charge in [0.2, 0.25) is 12.0 Å². The smallest absolute Gasteiger partial charge is 0.346 e. The molecule has 0 saturated heterocycles. The van der Waals surface area contributed by atoms with E-state index in [0.29, 0.717) is 24.5 Å². The summed E-state index contributed by atoms with van der Waals surface area (Å²) in [6.45, 7) is 0.299. The molecule has 1 aliphatic rings. The summed E-state index contributed by atoms with van der Waals surface area (Å²) in [5, 5.41) is 9.13. The van der Waals surface area contributed by atoms with Crippen molar-refractivity contribution in [1.29, 1.82) is 0 Å². The highest BCUT2D eigenvalue weighted by atomic mass is 16.5. The average Bonchev–Trinajstić information content (AvgIpc) is 2.50. The van der Waals surface area contributed by atoms with Crippen LogP contribution in [0.1, 0.15) is 6.42 Å². The van der Waals surface area contributed by atoms with Crippen molar-refractivity contribution in [1.82, 2.24) is 0 Å². The summed E-state index contributed by atoms with van der Waals surface area (Å²) >= 11 is 0. The molecule has 7 nitrogen and oxygen atoms in total. The number of rotatable bonds is 5. The van der Waals surface area contributed by atoms with E-state index in [1.807, 2.05) is 0 Å². The number of para-hydroxylation sites is 2. The fourth-order valence-electron chi connectivity index (χ4n) is 2.14. The number of anilines is 1. The zero-order valence-electron chi connectivity index (χ0n) is 11.7. The molecule has 3 N–H and O–H groups in total. The average molecular weight is 294 g/mol. The largest absolute Gasteiger partial charge is 0.478 e. The summed E-state index contributed by atoms with van der Waals surface area (Å²) in [6, 6.07) is 6.06. The van der Waals surface area contributed by atoms with E-state index in [1.54, 1.807) is 24.3 Å². The van der Waals surface area contributed by atoms with E-state index < -0.39 is 18.1 Å². The summed E-state index contributed by atoms with van der Waals surface area (Å²) in [6.07, 6.45) is -0.731. The fourth-order valence-corrected chi connectivity index (χ4v) is 2.14. The Morgan fingerprint density at radius 2 is 2.24 bits per heavy atom. The number of ether oxygens (including phenoxy) is 2. The molecule has 0 fully saturated rings. The van der Waals surface area contributed by atoms with E-state index in [1.165, 1.54) is 12.0 Å². The molecule has 0 radical (unpaired) electrons. The van der Waals surface area contributed by atoms with Crippen molar-refractivity contribution < 1.29 is 24.2 Å². The number of carboxylic acid groups (broad SMARTS) is 1. The summed E-state index contributed by atoms with van der Waals surface area (Å²) in [5.41, 5.74) is 6.39. The normalized spacial score (nSPS) is 18.6. The van der Waals surface area contributed by atoms with Crippen LogP contribution in [0.25, 0.3) is 0 Å². The van der Waals surface area contributed by atoms with Crippen molar-refractivity contribution in [3.05, 3.63) is 24.3 Å². The predicted octanol–water partition coefficient (Wildman–Crippen LogP) is 0.229.